The van der Waals surface area contributed by atoms with Gasteiger partial charge in [-0.15, -0.1) is 0 Å². The molecule has 0 spiro atoms. The van der Waals surface area contributed by atoms with Crippen LogP contribution in [0.1, 0.15) is 30.6 Å². The SMILES string of the molecule is CC(C)CC(NC(=O)c1ccc(Cl)cc1Cl)C(=O)Nc1cccc(F)c1. The highest BCUT2D eigenvalue weighted by Gasteiger charge is 2.23. The van der Waals surface area contributed by atoms with E-state index in [-0.39, 0.29) is 16.5 Å². The summed E-state index contributed by atoms with van der Waals surface area (Å²) in [6, 6.07) is 9.27. The quantitative estimate of drug-likeness (QED) is 0.727. The molecule has 1 unspecified atom stereocenters. The van der Waals surface area contributed by atoms with Gasteiger partial charge in [-0.2, -0.15) is 0 Å². The Balaban J connectivity index is 2.15. The van der Waals surface area contributed by atoms with Crippen molar-refractivity contribution in [2.45, 2.75) is 26.3 Å². The van der Waals surface area contributed by atoms with Crippen LogP contribution < -0.4 is 10.6 Å². The summed E-state index contributed by atoms with van der Waals surface area (Å²) < 4.78 is 13.3. The van der Waals surface area contributed by atoms with Crippen LogP contribution in [0.4, 0.5) is 10.1 Å². The lowest BCUT2D eigenvalue weighted by molar-refractivity contribution is -0.118. The highest BCUT2D eigenvalue weighted by atomic mass is 35.5. The number of carbonyl (C=O) groups is 2. The average Bonchev–Trinajstić information content (AvgIpc) is 2.53. The van der Waals surface area contributed by atoms with Crippen LogP contribution in [0.2, 0.25) is 10.0 Å². The molecule has 0 fully saturated rings. The molecule has 26 heavy (non-hydrogen) atoms. The molecule has 2 aromatic carbocycles. The van der Waals surface area contributed by atoms with Gasteiger partial charge in [-0.3, -0.25) is 9.59 Å². The largest absolute Gasteiger partial charge is 0.340 e. The van der Waals surface area contributed by atoms with Crippen molar-refractivity contribution in [1.29, 1.82) is 0 Å². The number of nitrogens with one attached hydrogen (secondary N) is 2. The summed E-state index contributed by atoms with van der Waals surface area (Å²) in [5.74, 6) is -1.21. The molecule has 4 nitrogen and oxygen atoms in total. The average molecular weight is 397 g/mol. The van der Waals surface area contributed by atoms with Crippen molar-refractivity contribution < 1.29 is 14.0 Å². The molecule has 0 heterocycles. The number of carbonyl (C=O) groups excluding carboxylic acids is 2. The van der Waals surface area contributed by atoms with Gasteiger partial charge in [0.25, 0.3) is 5.91 Å². The lowest BCUT2D eigenvalue weighted by Crippen LogP contribution is -2.44. The Morgan fingerprint density at radius 3 is 2.46 bits per heavy atom. The first-order chi connectivity index (χ1) is 12.3. The summed E-state index contributed by atoms with van der Waals surface area (Å²) in [5, 5.41) is 5.92. The predicted molar refractivity (Wildman–Crippen MR) is 102 cm³/mol. The zero-order valence-electron chi connectivity index (χ0n) is 14.4. The van der Waals surface area contributed by atoms with Crippen LogP contribution in [0, 0.1) is 11.7 Å². The van der Waals surface area contributed by atoms with Gasteiger partial charge in [-0.05, 0) is 48.7 Å². The van der Waals surface area contributed by atoms with Crippen LogP contribution in [0.5, 0.6) is 0 Å². The molecule has 0 radical (unpaired) electrons. The van der Waals surface area contributed by atoms with Gasteiger partial charge in [0.2, 0.25) is 5.91 Å². The number of hydrogen-bond donors (Lipinski definition) is 2. The maximum atomic E-state index is 13.3. The second kappa shape index (κ2) is 9.01. The second-order valence-corrected chi connectivity index (χ2v) is 7.12. The van der Waals surface area contributed by atoms with E-state index in [2.05, 4.69) is 10.6 Å². The van der Waals surface area contributed by atoms with E-state index >= 15 is 0 Å². The predicted octanol–water partition coefficient (Wildman–Crippen LogP) is 4.92. The summed E-state index contributed by atoms with van der Waals surface area (Å²) in [4.78, 5) is 25.1. The van der Waals surface area contributed by atoms with E-state index in [1.54, 1.807) is 12.1 Å². The first-order valence-corrected chi connectivity index (χ1v) is 8.84. The zero-order valence-corrected chi connectivity index (χ0v) is 15.9. The molecule has 0 aromatic heterocycles. The van der Waals surface area contributed by atoms with E-state index in [9.17, 15) is 14.0 Å². The van der Waals surface area contributed by atoms with Gasteiger partial charge in [0.15, 0.2) is 0 Å². The monoisotopic (exact) mass is 396 g/mol. The zero-order chi connectivity index (χ0) is 19.3. The third kappa shape index (κ3) is 5.71. The highest BCUT2D eigenvalue weighted by Crippen LogP contribution is 2.21. The molecule has 2 rings (SSSR count). The lowest BCUT2D eigenvalue weighted by atomic mass is 10.0. The van der Waals surface area contributed by atoms with Crippen LogP contribution >= 0.6 is 23.2 Å². The summed E-state index contributed by atoms with van der Waals surface area (Å²) in [6.07, 6.45) is 0.415. The van der Waals surface area contributed by atoms with Gasteiger partial charge in [0, 0.05) is 10.7 Å². The maximum Gasteiger partial charge on any atom is 0.253 e. The van der Waals surface area contributed by atoms with Gasteiger partial charge in [-0.25, -0.2) is 4.39 Å². The molecular formula is C19H19Cl2FN2O2. The molecule has 0 aliphatic rings. The number of amides is 2. The Kier molecular flexibility index (Phi) is 7.00. The van der Waals surface area contributed by atoms with Gasteiger partial charge in [0.05, 0.1) is 10.6 Å². The molecule has 1 atom stereocenters. The molecule has 0 saturated heterocycles. The van der Waals surface area contributed by atoms with Crippen LogP contribution in [0.3, 0.4) is 0 Å². The summed E-state index contributed by atoms with van der Waals surface area (Å²) >= 11 is 11.9. The number of rotatable bonds is 6. The molecule has 0 saturated carbocycles. The van der Waals surface area contributed by atoms with Gasteiger partial charge < -0.3 is 10.6 Å². The number of benzene rings is 2. The first-order valence-electron chi connectivity index (χ1n) is 8.08. The van der Waals surface area contributed by atoms with Gasteiger partial charge in [0.1, 0.15) is 11.9 Å². The highest BCUT2D eigenvalue weighted by molar-refractivity contribution is 6.36. The molecule has 7 heteroatoms. The van der Waals surface area contributed by atoms with Crippen LogP contribution in [0.15, 0.2) is 42.5 Å². The van der Waals surface area contributed by atoms with Crippen molar-refractivity contribution in [3.8, 4) is 0 Å². The molecule has 0 aliphatic carbocycles. The van der Waals surface area contributed by atoms with Gasteiger partial charge in [-0.1, -0.05) is 43.1 Å². The standard InChI is InChI=1S/C19H19Cl2FN2O2/c1-11(2)8-17(19(26)23-14-5-3-4-13(22)10-14)24-18(25)15-7-6-12(20)9-16(15)21/h3-7,9-11,17H,8H2,1-2H3,(H,23,26)(H,24,25). The number of anilines is 1. The minimum atomic E-state index is -0.794. The number of hydrogen-bond acceptors (Lipinski definition) is 2. The Morgan fingerprint density at radius 1 is 1.12 bits per heavy atom. The fraction of sp³-hybridized carbons (Fsp3) is 0.263. The van der Waals surface area contributed by atoms with Crippen molar-refractivity contribution in [2.24, 2.45) is 5.92 Å². The van der Waals surface area contributed by atoms with E-state index in [0.29, 0.717) is 17.1 Å². The number of halogens is 3. The molecule has 0 bridgehead atoms. The van der Waals surface area contributed by atoms with E-state index < -0.39 is 23.7 Å². The molecule has 138 valence electrons. The molecule has 2 aromatic rings. The van der Waals surface area contributed by atoms with Crippen LogP contribution in [-0.4, -0.2) is 17.9 Å². The van der Waals surface area contributed by atoms with Crippen molar-refractivity contribution in [1.82, 2.24) is 5.32 Å². The summed E-state index contributed by atoms with van der Waals surface area (Å²) in [6.45, 7) is 3.87. The van der Waals surface area contributed by atoms with E-state index in [1.807, 2.05) is 13.8 Å². The maximum absolute atomic E-state index is 13.3. The molecule has 2 amide bonds. The van der Waals surface area contributed by atoms with Crippen LogP contribution in [0.25, 0.3) is 0 Å². The summed E-state index contributed by atoms with van der Waals surface area (Å²) in [7, 11) is 0. The molecule has 0 aliphatic heterocycles. The third-order valence-electron chi connectivity index (χ3n) is 3.60. The Bertz CT molecular complexity index is 812. The van der Waals surface area contributed by atoms with E-state index in [0.717, 1.165) is 0 Å². The Morgan fingerprint density at radius 2 is 1.85 bits per heavy atom. The minimum absolute atomic E-state index is 0.152. The first kappa shape index (κ1) is 20.2. The molecular weight excluding hydrogens is 378 g/mol. The smallest absolute Gasteiger partial charge is 0.253 e. The van der Waals surface area contributed by atoms with Crippen molar-refractivity contribution in [2.75, 3.05) is 5.32 Å². The van der Waals surface area contributed by atoms with Gasteiger partial charge >= 0.3 is 0 Å². The van der Waals surface area contributed by atoms with E-state index in [1.165, 1.54) is 30.3 Å². The summed E-state index contributed by atoms with van der Waals surface area (Å²) in [5.41, 5.74) is 0.547. The Labute approximate surface area is 161 Å². The van der Waals surface area contributed by atoms with Crippen molar-refractivity contribution >= 4 is 40.7 Å². The third-order valence-corrected chi connectivity index (χ3v) is 4.14. The topological polar surface area (TPSA) is 58.2 Å². The fourth-order valence-electron chi connectivity index (χ4n) is 2.41. The molecule has 2 N–H and O–H groups in total. The van der Waals surface area contributed by atoms with Crippen molar-refractivity contribution in [3.63, 3.8) is 0 Å². The fourth-order valence-corrected chi connectivity index (χ4v) is 2.90. The van der Waals surface area contributed by atoms with Crippen LogP contribution in [-0.2, 0) is 4.79 Å². The normalized spacial score (nSPS) is 11.9. The Hall–Kier alpha value is -2.11. The second-order valence-electron chi connectivity index (χ2n) is 6.28. The minimum Gasteiger partial charge on any atom is -0.340 e. The van der Waals surface area contributed by atoms with Crippen molar-refractivity contribution in [3.05, 3.63) is 63.9 Å². The van der Waals surface area contributed by atoms with E-state index in [4.69, 9.17) is 23.2 Å². The lowest BCUT2D eigenvalue weighted by Gasteiger charge is -2.20.